The molecule has 0 saturated heterocycles. The maximum atomic E-state index is 13.8. The Bertz CT molecular complexity index is 654. The van der Waals surface area contributed by atoms with E-state index in [1.54, 1.807) is 19.1 Å². The van der Waals surface area contributed by atoms with E-state index in [-0.39, 0.29) is 16.5 Å². The van der Waals surface area contributed by atoms with Gasteiger partial charge in [-0.25, -0.2) is 4.39 Å². The first-order valence-electron chi connectivity index (χ1n) is 5.79. The van der Waals surface area contributed by atoms with Gasteiger partial charge in [0.15, 0.2) is 11.6 Å². The Morgan fingerprint density at radius 1 is 1.50 bits per heavy atom. The van der Waals surface area contributed by atoms with Crippen molar-refractivity contribution in [2.75, 3.05) is 0 Å². The minimum atomic E-state index is -0.849. The molecule has 1 heterocycles. The van der Waals surface area contributed by atoms with Crippen molar-refractivity contribution in [3.8, 4) is 10.8 Å². The summed E-state index contributed by atoms with van der Waals surface area (Å²) < 4.78 is 19.1. The van der Waals surface area contributed by atoms with Gasteiger partial charge in [-0.15, -0.1) is 0 Å². The number of benzene rings is 1. The summed E-state index contributed by atoms with van der Waals surface area (Å²) >= 11 is 0.925. The van der Waals surface area contributed by atoms with E-state index in [1.807, 2.05) is 0 Å². The van der Waals surface area contributed by atoms with E-state index in [2.05, 4.69) is 0 Å². The number of rotatable bonds is 4. The molecule has 0 fully saturated rings. The van der Waals surface area contributed by atoms with Gasteiger partial charge < -0.3 is 9.84 Å². The van der Waals surface area contributed by atoms with Gasteiger partial charge in [0.05, 0.1) is 11.0 Å². The maximum absolute atomic E-state index is 13.8. The normalized spacial score (nSPS) is 12.2. The monoisotopic (exact) mass is 297 g/mol. The van der Waals surface area contributed by atoms with Crippen LogP contribution in [0.4, 0.5) is 10.1 Å². The molecule has 0 saturated carbocycles. The Balaban J connectivity index is 2.42. The first kappa shape index (κ1) is 14.4. The Hall–Kier alpha value is -1.99. The zero-order valence-corrected chi connectivity index (χ0v) is 11.6. The second-order valence-corrected chi connectivity index (χ2v) is 5.29. The first-order chi connectivity index (χ1) is 9.40. The van der Waals surface area contributed by atoms with Crippen LogP contribution in [-0.4, -0.2) is 10.0 Å². The van der Waals surface area contributed by atoms with Crippen LogP contribution in [0.2, 0.25) is 0 Å². The minimum absolute atomic E-state index is 0.0459. The quantitative estimate of drug-likeness (QED) is 0.685. The number of aliphatic hydroxyl groups is 1. The van der Waals surface area contributed by atoms with E-state index in [0.29, 0.717) is 10.4 Å². The number of aryl methyl sites for hydroxylation is 1. The number of thiophene rings is 1. The van der Waals surface area contributed by atoms with E-state index < -0.39 is 16.8 Å². The number of ether oxygens (including phenoxy) is 1. The number of nitro groups is 1. The third-order valence-electron chi connectivity index (χ3n) is 2.67. The second-order valence-electron chi connectivity index (χ2n) is 4.24. The van der Waals surface area contributed by atoms with E-state index in [1.165, 1.54) is 19.1 Å². The molecule has 106 valence electrons. The van der Waals surface area contributed by atoms with Crippen LogP contribution in [0.1, 0.15) is 23.5 Å². The van der Waals surface area contributed by atoms with Gasteiger partial charge in [-0.05, 0) is 25.5 Å². The smallest absolute Gasteiger partial charge is 0.323 e. The van der Waals surface area contributed by atoms with Crippen molar-refractivity contribution in [3.05, 3.63) is 50.6 Å². The van der Waals surface area contributed by atoms with Gasteiger partial charge in [-0.3, -0.25) is 10.1 Å². The molecule has 2 aromatic rings. The standard InChI is InChI=1S/C13H12FNO4S/c1-7-4-3-5-10(12(7)14)19-13-9(15(17)18)6-11(20-13)8(2)16/h3-6,8,16H,1-2H3/t8-/m1/s1. The van der Waals surface area contributed by atoms with Gasteiger partial charge >= 0.3 is 5.69 Å². The lowest BCUT2D eigenvalue weighted by Crippen LogP contribution is -1.92. The van der Waals surface area contributed by atoms with Crippen LogP contribution in [0.3, 0.4) is 0 Å². The largest absolute Gasteiger partial charge is 0.437 e. The van der Waals surface area contributed by atoms with Gasteiger partial charge in [0, 0.05) is 10.9 Å². The van der Waals surface area contributed by atoms with Crippen molar-refractivity contribution in [3.63, 3.8) is 0 Å². The molecule has 0 aliphatic rings. The topological polar surface area (TPSA) is 72.6 Å². The summed E-state index contributed by atoms with van der Waals surface area (Å²) in [5.74, 6) is -0.638. The van der Waals surface area contributed by atoms with Crippen LogP contribution in [0.25, 0.3) is 0 Å². The summed E-state index contributed by atoms with van der Waals surface area (Å²) in [7, 11) is 0. The molecule has 1 atom stereocenters. The average molecular weight is 297 g/mol. The predicted octanol–water partition coefficient (Wildman–Crippen LogP) is 3.95. The maximum Gasteiger partial charge on any atom is 0.323 e. The van der Waals surface area contributed by atoms with Gasteiger partial charge in [0.25, 0.3) is 5.06 Å². The average Bonchev–Trinajstić information content (AvgIpc) is 2.79. The van der Waals surface area contributed by atoms with Crippen molar-refractivity contribution in [1.29, 1.82) is 0 Å². The molecular formula is C13H12FNO4S. The fraction of sp³-hybridized carbons (Fsp3) is 0.231. The fourth-order valence-electron chi connectivity index (χ4n) is 1.59. The summed E-state index contributed by atoms with van der Waals surface area (Å²) in [6.07, 6.45) is -0.849. The van der Waals surface area contributed by atoms with Gasteiger partial charge in [0.2, 0.25) is 0 Å². The van der Waals surface area contributed by atoms with Gasteiger partial charge in [-0.2, -0.15) is 0 Å². The summed E-state index contributed by atoms with van der Waals surface area (Å²) in [5, 5.41) is 20.4. The van der Waals surface area contributed by atoms with E-state index in [4.69, 9.17) is 4.74 Å². The van der Waals surface area contributed by atoms with Crippen LogP contribution in [0, 0.1) is 22.9 Å². The van der Waals surface area contributed by atoms with E-state index in [9.17, 15) is 19.6 Å². The molecule has 1 N–H and O–H groups in total. The summed E-state index contributed by atoms with van der Waals surface area (Å²) in [5.41, 5.74) is 0.101. The highest BCUT2D eigenvalue weighted by Gasteiger charge is 2.24. The Labute approximate surface area is 118 Å². The highest BCUT2D eigenvalue weighted by Crippen LogP contribution is 2.42. The fourth-order valence-corrected chi connectivity index (χ4v) is 2.51. The van der Waals surface area contributed by atoms with Crippen LogP contribution in [-0.2, 0) is 0 Å². The molecule has 0 bridgehead atoms. The lowest BCUT2D eigenvalue weighted by Gasteiger charge is -2.05. The molecule has 0 radical (unpaired) electrons. The molecule has 2 rings (SSSR count). The van der Waals surface area contributed by atoms with Crippen molar-refractivity contribution in [2.24, 2.45) is 0 Å². The Morgan fingerprint density at radius 2 is 2.20 bits per heavy atom. The van der Waals surface area contributed by atoms with Crippen LogP contribution >= 0.6 is 11.3 Å². The molecule has 5 nitrogen and oxygen atoms in total. The number of hydrogen-bond donors (Lipinski definition) is 1. The van der Waals surface area contributed by atoms with Crippen LogP contribution in [0.5, 0.6) is 10.8 Å². The highest BCUT2D eigenvalue weighted by molar-refractivity contribution is 7.14. The summed E-state index contributed by atoms with van der Waals surface area (Å²) in [4.78, 5) is 10.7. The molecular weight excluding hydrogens is 285 g/mol. The number of nitrogens with zero attached hydrogens (tertiary/aromatic N) is 1. The first-order valence-corrected chi connectivity index (χ1v) is 6.61. The molecule has 1 aromatic carbocycles. The Morgan fingerprint density at radius 3 is 2.80 bits per heavy atom. The number of aliphatic hydroxyl groups excluding tert-OH is 1. The lowest BCUT2D eigenvalue weighted by molar-refractivity contribution is -0.385. The Kier molecular flexibility index (Phi) is 4.01. The van der Waals surface area contributed by atoms with E-state index in [0.717, 1.165) is 11.3 Å². The zero-order valence-electron chi connectivity index (χ0n) is 10.8. The van der Waals surface area contributed by atoms with Crippen LogP contribution in [0.15, 0.2) is 24.3 Å². The van der Waals surface area contributed by atoms with Gasteiger partial charge in [0.1, 0.15) is 0 Å². The molecule has 0 spiro atoms. The molecule has 0 amide bonds. The highest BCUT2D eigenvalue weighted by atomic mass is 32.1. The number of hydrogen-bond acceptors (Lipinski definition) is 5. The predicted molar refractivity (Wildman–Crippen MR) is 72.8 cm³/mol. The molecule has 1 aromatic heterocycles. The number of halogens is 1. The minimum Gasteiger partial charge on any atom is -0.437 e. The summed E-state index contributed by atoms with van der Waals surface area (Å²) in [6.45, 7) is 3.07. The molecule has 0 aliphatic heterocycles. The molecule has 20 heavy (non-hydrogen) atoms. The van der Waals surface area contributed by atoms with Crippen LogP contribution < -0.4 is 4.74 Å². The molecule has 0 unspecified atom stereocenters. The SMILES string of the molecule is Cc1cccc(Oc2sc([C@@H](C)O)cc2[N+](=O)[O-])c1F. The van der Waals surface area contributed by atoms with Crippen molar-refractivity contribution in [2.45, 2.75) is 20.0 Å². The van der Waals surface area contributed by atoms with Crippen molar-refractivity contribution >= 4 is 17.0 Å². The van der Waals surface area contributed by atoms with Crippen molar-refractivity contribution < 1.29 is 19.2 Å². The third-order valence-corrected chi connectivity index (χ3v) is 3.84. The van der Waals surface area contributed by atoms with Crippen molar-refractivity contribution in [1.82, 2.24) is 0 Å². The third kappa shape index (κ3) is 2.78. The molecule has 0 aliphatic carbocycles. The molecule has 7 heteroatoms. The summed E-state index contributed by atoms with van der Waals surface area (Å²) in [6, 6.07) is 5.81. The van der Waals surface area contributed by atoms with E-state index >= 15 is 0 Å². The second kappa shape index (κ2) is 5.56. The lowest BCUT2D eigenvalue weighted by atomic mass is 10.2. The zero-order chi connectivity index (χ0) is 14.9. The van der Waals surface area contributed by atoms with Gasteiger partial charge in [-0.1, -0.05) is 23.5 Å².